The normalized spacial score (nSPS) is 10.4. The van der Waals surface area contributed by atoms with Gasteiger partial charge < -0.3 is 15.8 Å². The number of esters is 1. The first-order chi connectivity index (χ1) is 9.13. The number of rotatable bonds is 4. The molecule has 100 valence electrons. The van der Waals surface area contributed by atoms with Crippen molar-refractivity contribution >= 4 is 39.8 Å². The number of fused-ring (bicyclic) bond motifs is 1. The number of nitrogens with two attached hydrogens (primary N) is 1. The fraction of sp³-hybridized carbons (Fsp3) is 0.231. The van der Waals surface area contributed by atoms with E-state index in [2.05, 4.69) is 15.0 Å². The third kappa shape index (κ3) is 2.88. The van der Waals surface area contributed by atoms with Crippen LogP contribution in [-0.4, -0.2) is 24.6 Å². The quantitative estimate of drug-likeness (QED) is 0.664. The fourth-order valence-corrected chi connectivity index (χ4v) is 1.94. The first-order valence-corrected chi connectivity index (χ1v) is 6.14. The highest BCUT2D eigenvalue weighted by molar-refractivity contribution is 6.34. The lowest BCUT2D eigenvalue weighted by Gasteiger charge is -2.10. The van der Waals surface area contributed by atoms with Gasteiger partial charge in [-0.05, 0) is 18.2 Å². The predicted octanol–water partition coefficient (Wildman–Crippen LogP) is 2.45. The number of nitrogens with one attached hydrogen (secondary N) is 1. The van der Waals surface area contributed by atoms with Gasteiger partial charge in [0, 0.05) is 23.5 Å². The third-order valence-electron chi connectivity index (χ3n) is 2.78. The number of hydrogen-bond donors (Lipinski definition) is 2. The van der Waals surface area contributed by atoms with E-state index in [9.17, 15) is 4.79 Å². The van der Waals surface area contributed by atoms with Crippen LogP contribution < -0.4 is 11.1 Å². The van der Waals surface area contributed by atoms with Gasteiger partial charge in [0.25, 0.3) is 0 Å². The van der Waals surface area contributed by atoms with Crippen LogP contribution in [0.5, 0.6) is 0 Å². The lowest BCUT2D eigenvalue weighted by atomic mass is 10.1. The van der Waals surface area contributed by atoms with Crippen molar-refractivity contribution in [3.05, 3.63) is 29.4 Å². The van der Waals surface area contributed by atoms with Gasteiger partial charge >= 0.3 is 5.97 Å². The summed E-state index contributed by atoms with van der Waals surface area (Å²) >= 11 is 5.98. The number of carbonyl (C=O) groups is 1. The molecule has 1 aromatic heterocycles. The van der Waals surface area contributed by atoms with Crippen LogP contribution in [0.4, 0.5) is 11.5 Å². The number of nitrogens with zero attached hydrogens (tertiary/aromatic N) is 1. The molecule has 0 unspecified atom stereocenters. The maximum atomic E-state index is 11.0. The number of hydrogen-bond acceptors (Lipinski definition) is 5. The van der Waals surface area contributed by atoms with Crippen LogP contribution in [0.3, 0.4) is 0 Å². The zero-order valence-corrected chi connectivity index (χ0v) is 11.2. The number of nitrogen functional groups attached to an aromatic ring is 1. The molecular weight excluding hydrogens is 266 g/mol. The van der Waals surface area contributed by atoms with Gasteiger partial charge in [0.05, 0.1) is 24.2 Å². The molecular formula is C13H14ClN3O2. The second kappa shape index (κ2) is 5.75. The second-order valence-corrected chi connectivity index (χ2v) is 4.38. The number of ether oxygens (including phenoxy) is 1. The Morgan fingerprint density at radius 3 is 2.95 bits per heavy atom. The highest BCUT2D eigenvalue weighted by Crippen LogP contribution is 2.31. The second-order valence-electron chi connectivity index (χ2n) is 3.97. The molecule has 19 heavy (non-hydrogen) atoms. The number of aromatic nitrogens is 1. The molecule has 0 aliphatic carbocycles. The smallest absolute Gasteiger partial charge is 0.307 e. The molecule has 0 radical (unpaired) electrons. The molecule has 0 atom stereocenters. The number of benzene rings is 1. The number of pyridine rings is 1. The molecule has 0 amide bonds. The third-order valence-corrected chi connectivity index (χ3v) is 3.11. The van der Waals surface area contributed by atoms with Crippen LogP contribution in [0.1, 0.15) is 6.42 Å². The molecule has 5 nitrogen and oxygen atoms in total. The van der Waals surface area contributed by atoms with Gasteiger partial charge in [-0.25, -0.2) is 4.98 Å². The monoisotopic (exact) mass is 279 g/mol. The van der Waals surface area contributed by atoms with Crippen LogP contribution in [0, 0.1) is 0 Å². The molecule has 3 N–H and O–H groups in total. The minimum atomic E-state index is -0.268. The van der Waals surface area contributed by atoms with E-state index in [4.69, 9.17) is 17.3 Å². The van der Waals surface area contributed by atoms with E-state index in [0.717, 1.165) is 10.8 Å². The molecule has 1 heterocycles. The first kappa shape index (κ1) is 13.4. The largest absolute Gasteiger partial charge is 0.469 e. The van der Waals surface area contributed by atoms with Gasteiger partial charge in [-0.2, -0.15) is 0 Å². The Hall–Kier alpha value is -2.01. The summed E-state index contributed by atoms with van der Waals surface area (Å²) in [6, 6.07) is 5.38. The van der Waals surface area contributed by atoms with E-state index in [-0.39, 0.29) is 12.4 Å². The zero-order valence-electron chi connectivity index (χ0n) is 10.4. The van der Waals surface area contributed by atoms with Gasteiger partial charge in [0.1, 0.15) is 5.82 Å². The van der Waals surface area contributed by atoms with Gasteiger partial charge in [0.15, 0.2) is 0 Å². The maximum Gasteiger partial charge on any atom is 0.307 e. The standard InChI is InChI=1S/C13H14ClN3O2/c1-19-11(18)5-7-17-13-9-2-3-10(14)12(15)8(9)4-6-16-13/h2-4,6H,5,7,15H2,1H3,(H,16,17). The Balaban J connectivity index is 2.24. The van der Waals surface area contributed by atoms with Gasteiger partial charge in [-0.15, -0.1) is 0 Å². The summed E-state index contributed by atoms with van der Waals surface area (Å²) in [6.45, 7) is 0.446. The summed E-state index contributed by atoms with van der Waals surface area (Å²) in [5.74, 6) is 0.403. The molecule has 1 aromatic carbocycles. The Bertz CT molecular complexity index is 616. The van der Waals surface area contributed by atoms with Crippen molar-refractivity contribution in [2.24, 2.45) is 0 Å². The average molecular weight is 280 g/mol. The summed E-state index contributed by atoms with van der Waals surface area (Å²) in [6.07, 6.45) is 1.92. The number of methoxy groups -OCH3 is 1. The Morgan fingerprint density at radius 1 is 1.42 bits per heavy atom. The highest BCUT2D eigenvalue weighted by atomic mass is 35.5. The predicted molar refractivity (Wildman–Crippen MR) is 76.3 cm³/mol. The fourth-order valence-electron chi connectivity index (χ4n) is 1.78. The van der Waals surface area contributed by atoms with E-state index in [1.807, 2.05) is 12.1 Å². The van der Waals surface area contributed by atoms with Crippen LogP contribution in [-0.2, 0) is 9.53 Å². The van der Waals surface area contributed by atoms with Crippen molar-refractivity contribution in [2.75, 3.05) is 24.7 Å². The van der Waals surface area contributed by atoms with Gasteiger partial charge in [-0.1, -0.05) is 11.6 Å². The molecule has 2 rings (SSSR count). The summed E-state index contributed by atoms with van der Waals surface area (Å²) in [5.41, 5.74) is 6.45. The molecule has 0 aliphatic rings. The molecule has 0 saturated carbocycles. The van der Waals surface area contributed by atoms with Crippen molar-refractivity contribution in [3.63, 3.8) is 0 Å². The minimum Gasteiger partial charge on any atom is -0.469 e. The Morgan fingerprint density at radius 2 is 2.21 bits per heavy atom. The Kier molecular flexibility index (Phi) is 4.06. The number of halogens is 1. The van der Waals surface area contributed by atoms with Gasteiger partial charge in [-0.3, -0.25) is 4.79 Å². The maximum absolute atomic E-state index is 11.0. The van der Waals surface area contributed by atoms with E-state index < -0.39 is 0 Å². The van der Waals surface area contributed by atoms with Crippen molar-refractivity contribution in [1.82, 2.24) is 4.98 Å². The van der Waals surface area contributed by atoms with Gasteiger partial charge in [0.2, 0.25) is 0 Å². The van der Waals surface area contributed by atoms with Crippen LogP contribution in [0.15, 0.2) is 24.4 Å². The lowest BCUT2D eigenvalue weighted by molar-refractivity contribution is -0.140. The minimum absolute atomic E-state index is 0.268. The molecule has 0 bridgehead atoms. The van der Waals surface area contributed by atoms with E-state index in [0.29, 0.717) is 23.1 Å². The van der Waals surface area contributed by atoms with E-state index in [1.54, 1.807) is 12.3 Å². The molecule has 0 saturated heterocycles. The topological polar surface area (TPSA) is 77.2 Å². The lowest BCUT2D eigenvalue weighted by Crippen LogP contribution is -2.10. The number of carbonyl (C=O) groups excluding carboxylic acids is 1. The zero-order chi connectivity index (χ0) is 13.8. The average Bonchev–Trinajstić information content (AvgIpc) is 2.43. The number of anilines is 2. The first-order valence-electron chi connectivity index (χ1n) is 5.77. The molecule has 6 heteroatoms. The van der Waals surface area contributed by atoms with Crippen molar-refractivity contribution in [2.45, 2.75) is 6.42 Å². The molecule has 0 aliphatic heterocycles. The van der Waals surface area contributed by atoms with Crippen molar-refractivity contribution < 1.29 is 9.53 Å². The highest BCUT2D eigenvalue weighted by Gasteiger charge is 2.07. The summed E-state index contributed by atoms with van der Waals surface area (Å²) in [4.78, 5) is 15.3. The molecule has 0 spiro atoms. The molecule has 0 fully saturated rings. The Labute approximate surface area is 115 Å². The van der Waals surface area contributed by atoms with E-state index >= 15 is 0 Å². The summed E-state index contributed by atoms with van der Waals surface area (Å²) < 4.78 is 4.57. The summed E-state index contributed by atoms with van der Waals surface area (Å²) in [5, 5.41) is 5.31. The van der Waals surface area contributed by atoms with Crippen LogP contribution in [0.2, 0.25) is 5.02 Å². The summed E-state index contributed by atoms with van der Waals surface area (Å²) in [7, 11) is 1.36. The van der Waals surface area contributed by atoms with Crippen LogP contribution in [0.25, 0.3) is 10.8 Å². The van der Waals surface area contributed by atoms with Crippen LogP contribution >= 0.6 is 11.6 Å². The van der Waals surface area contributed by atoms with Crippen molar-refractivity contribution in [1.29, 1.82) is 0 Å². The molecule has 2 aromatic rings. The van der Waals surface area contributed by atoms with E-state index in [1.165, 1.54) is 7.11 Å². The van der Waals surface area contributed by atoms with Crippen molar-refractivity contribution in [3.8, 4) is 0 Å². The SMILES string of the molecule is COC(=O)CCNc1nccc2c(N)c(Cl)ccc12.